The summed E-state index contributed by atoms with van der Waals surface area (Å²) in [6.45, 7) is -0.196. The highest BCUT2D eigenvalue weighted by atomic mass is 32.2. The van der Waals surface area contributed by atoms with Gasteiger partial charge in [-0.3, -0.25) is 4.79 Å². The summed E-state index contributed by atoms with van der Waals surface area (Å²) in [5.74, 6) is 0.628. The number of methoxy groups -OCH3 is 3. The van der Waals surface area contributed by atoms with E-state index in [-0.39, 0.29) is 13.2 Å². The molecule has 0 atom stereocenters. The summed E-state index contributed by atoms with van der Waals surface area (Å²) in [6, 6.07) is 10.5. The Morgan fingerprint density at radius 1 is 0.964 bits per heavy atom. The number of benzene rings is 2. The lowest BCUT2D eigenvalue weighted by molar-refractivity contribution is -0.124. The van der Waals surface area contributed by atoms with Crippen LogP contribution in [0.15, 0.2) is 41.3 Å². The number of rotatable bonds is 9. The molecule has 0 radical (unpaired) electrons. The Bertz CT molecular complexity index is 839. The summed E-state index contributed by atoms with van der Waals surface area (Å²) < 4.78 is 20.9. The Morgan fingerprint density at radius 3 is 2.25 bits per heavy atom. The second kappa shape index (κ2) is 10.5. The molecule has 150 valence electrons. The fraction of sp³-hybridized carbons (Fsp3) is 0.300. The van der Waals surface area contributed by atoms with Crippen LogP contribution in [0.4, 0.5) is 0 Å². The second-order valence-electron chi connectivity index (χ2n) is 5.57. The number of ether oxygens (including phenoxy) is 4. The highest BCUT2D eigenvalue weighted by Crippen LogP contribution is 2.34. The van der Waals surface area contributed by atoms with E-state index in [2.05, 4.69) is 5.32 Å². The lowest BCUT2D eigenvalue weighted by Crippen LogP contribution is -2.28. The monoisotopic (exact) mass is 405 g/mol. The predicted octanol–water partition coefficient (Wildman–Crippen LogP) is 2.91. The Hall–Kier alpha value is -2.87. The average Bonchev–Trinajstić information content (AvgIpc) is 2.74. The van der Waals surface area contributed by atoms with Gasteiger partial charge in [-0.2, -0.15) is 0 Å². The molecule has 0 spiro atoms. The molecule has 0 aliphatic carbocycles. The topological polar surface area (TPSA) is 83.1 Å². The summed E-state index contributed by atoms with van der Waals surface area (Å²) in [5, 5.41) is 2.70. The molecule has 0 bridgehead atoms. The van der Waals surface area contributed by atoms with E-state index in [0.29, 0.717) is 28.4 Å². The van der Waals surface area contributed by atoms with Gasteiger partial charge in [0.2, 0.25) is 0 Å². The fourth-order valence-corrected chi connectivity index (χ4v) is 3.08. The van der Waals surface area contributed by atoms with Gasteiger partial charge in [0.1, 0.15) is 5.75 Å². The van der Waals surface area contributed by atoms with Gasteiger partial charge in [-0.25, -0.2) is 4.79 Å². The van der Waals surface area contributed by atoms with Crippen LogP contribution in [0.25, 0.3) is 0 Å². The van der Waals surface area contributed by atoms with Crippen molar-refractivity contribution in [1.82, 2.24) is 5.32 Å². The van der Waals surface area contributed by atoms with Crippen LogP contribution in [0, 0.1) is 0 Å². The molecule has 0 aliphatic heterocycles. The molecule has 0 aromatic heterocycles. The first-order valence-electron chi connectivity index (χ1n) is 8.39. The summed E-state index contributed by atoms with van der Waals surface area (Å²) in [5.41, 5.74) is 1.14. The molecule has 28 heavy (non-hydrogen) atoms. The van der Waals surface area contributed by atoms with Crippen LogP contribution in [-0.4, -0.2) is 46.1 Å². The van der Waals surface area contributed by atoms with Gasteiger partial charge in [0, 0.05) is 23.1 Å². The number of thioether (sulfide) groups is 1. The first kappa shape index (κ1) is 21.4. The predicted molar refractivity (Wildman–Crippen MR) is 106 cm³/mol. The van der Waals surface area contributed by atoms with Gasteiger partial charge in [-0.05, 0) is 24.5 Å². The van der Waals surface area contributed by atoms with Crippen molar-refractivity contribution in [2.75, 3.05) is 34.2 Å². The minimum atomic E-state index is -0.538. The summed E-state index contributed by atoms with van der Waals surface area (Å²) in [6.07, 6.45) is 1.87. The average molecular weight is 405 g/mol. The van der Waals surface area contributed by atoms with Crippen molar-refractivity contribution in [3.8, 4) is 17.2 Å². The van der Waals surface area contributed by atoms with Crippen LogP contribution in [-0.2, 0) is 16.1 Å². The Morgan fingerprint density at radius 2 is 1.61 bits per heavy atom. The second-order valence-corrected chi connectivity index (χ2v) is 6.42. The van der Waals surface area contributed by atoms with E-state index < -0.39 is 11.9 Å². The molecule has 0 saturated heterocycles. The lowest BCUT2D eigenvalue weighted by atomic mass is 10.1. The van der Waals surface area contributed by atoms with Gasteiger partial charge in [-0.1, -0.05) is 12.1 Å². The zero-order chi connectivity index (χ0) is 20.5. The van der Waals surface area contributed by atoms with Crippen LogP contribution in [0.3, 0.4) is 0 Å². The molecule has 8 heteroatoms. The number of hydrogen-bond acceptors (Lipinski definition) is 7. The van der Waals surface area contributed by atoms with Gasteiger partial charge in [0.25, 0.3) is 5.91 Å². The Kier molecular flexibility index (Phi) is 8.01. The zero-order valence-corrected chi connectivity index (χ0v) is 17.1. The van der Waals surface area contributed by atoms with Gasteiger partial charge in [0.15, 0.2) is 18.1 Å². The number of nitrogens with one attached hydrogen (secondary N) is 1. The standard InChI is InChI=1S/C20H23NO6S/c1-24-15-10-17(26-3)16(25-2)9-13(15)11-21-19(22)12-27-20(23)14-7-5-6-8-18(14)28-4/h5-10H,11-12H2,1-4H3,(H,21,22). The van der Waals surface area contributed by atoms with Gasteiger partial charge < -0.3 is 24.3 Å². The maximum absolute atomic E-state index is 12.2. The normalized spacial score (nSPS) is 10.1. The molecule has 0 saturated carbocycles. The van der Waals surface area contributed by atoms with Crippen LogP contribution in [0.1, 0.15) is 15.9 Å². The van der Waals surface area contributed by atoms with Crippen LogP contribution >= 0.6 is 11.8 Å². The van der Waals surface area contributed by atoms with Crippen molar-refractivity contribution in [2.24, 2.45) is 0 Å². The molecule has 1 N–H and O–H groups in total. The van der Waals surface area contributed by atoms with Crippen molar-refractivity contribution in [1.29, 1.82) is 0 Å². The van der Waals surface area contributed by atoms with Crippen molar-refractivity contribution in [3.63, 3.8) is 0 Å². The first-order valence-corrected chi connectivity index (χ1v) is 9.62. The quantitative estimate of drug-likeness (QED) is 0.507. The van der Waals surface area contributed by atoms with E-state index >= 15 is 0 Å². The molecule has 2 rings (SSSR count). The first-order chi connectivity index (χ1) is 13.5. The Labute approximate surface area is 168 Å². The third-order valence-electron chi connectivity index (χ3n) is 3.92. The zero-order valence-electron chi connectivity index (χ0n) is 16.2. The summed E-state index contributed by atoms with van der Waals surface area (Å²) in [4.78, 5) is 25.1. The number of amides is 1. The molecule has 0 aliphatic rings. The molecule has 0 heterocycles. The molecule has 2 aromatic carbocycles. The van der Waals surface area contributed by atoms with Gasteiger partial charge in [-0.15, -0.1) is 11.8 Å². The maximum Gasteiger partial charge on any atom is 0.339 e. The molecule has 0 unspecified atom stereocenters. The van der Waals surface area contributed by atoms with E-state index in [0.717, 1.165) is 4.90 Å². The van der Waals surface area contributed by atoms with Crippen LogP contribution in [0.2, 0.25) is 0 Å². The summed E-state index contributed by atoms with van der Waals surface area (Å²) >= 11 is 1.44. The minimum Gasteiger partial charge on any atom is -0.496 e. The van der Waals surface area contributed by atoms with Crippen molar-refractivity contribution in [2.45, 2.75) is 11.4 Å². The Balaban J connectivity index is 1.96. The van der Waals surface area contributed by atoms with E-state index in [1.54, 1.807) is 24.3 Å². The van der Waals surface area contributed by atoms with Gasteiger partial charge in [0.05, 0.1) is 26.9 Å². The van der Waals surface area contributed by atoms with E-state index in [9.17, 15) is 9.59 Å². The third kappa shape index (κ3) is 5.32. The molecule has 7 nitrogen and oxygen atoms in total. The fourth-order valence-electron chi connectivity index (χ4n) is 2.50. The lowest BCUT2D eigenvalue weighted by Gasteiger charge is -2.14. The van der Waals surface area contributed by atoms with E-state index in [1.807, 2.05) is 18.4 Å². The summed E-state index contributed by atoms with van der Waals surface area (Å²) in [7, 11) is 4.58. The highest BCUT2D eigenvalue weighted by Gasteiger charge is 2.15. The highest BCUT2D eigenvalue weighted by molar-refractivity contribution is 7.98. The SMILES string of the molecule is COc1cc(OC)c(OC)cc1CNC(=O)COC(=O)c1ccccc1SC. The molecule has 0 fully saturated rings. The molecular weight excluding hydrogens is 382 g/mol. The van der Waals surface area contributed by atoms with Crippen molar-refractivity contribution >= 4 is 23.6 Å². The molecule has 2 aromatic rings. The number of carbonyl (C=O) groups excluding carboxylic acids is 2. The van der Waals surface area contributed by atoms with Crippen LogP contribution in [0.5, 0.6) is 17.2 Å². The minimum absolute atomic E-state index is 0.182. The maximum atomic E-state index is 12.2. The number of carbonyl (C=O) groups is 2. The van der Waals surface area contributed by atoms with Gasteiger partial charge >= 0.3 is 5.97 Å². The smallest absolute Gasteiger partial charge is 0.339 e. The van der Waals surface area contributed by atoms with E-state index in [1.165, 1.54) is 33.1 Å². The van der Waals surface area contributed by atoms with Crippen molar-refractivity contribution in [3.05, 3.63) is 47.5 Å². The molecular formula is C20H23NO6S. The van der Waals surface area contributed by atoms with Crippen molar-refractivity contribution < 1.29 is 28.5 Å². The van der Waals surface area contributed by atoms with E-state index in [4.69, 9.17) is 18.9 Å². The number of hydrogen-bond donors (Lipinski definition) is 1. The third-order valence-corrected chi connectivity index (χ3v) is 4.72. The number of esters is 1. The van der Waals surface area contributed by atoms with Crippen LogP contribution < -0.4 is 19.5 Å². The molecule has 1 amide bonds. The largest absolute Gasteiger partial charge is 0.496 e.